The highest BCUT2D eigenvalue weighted by Gasteiger charge is 2.62. The molecule has 5 aliphatic rings. The van der Waals surface area contributed by atoms with Crippen LogP contribution in [0.3, 0.4) is 0 Å². The van der Waals surface area contributed by atoms with Crippen LogP contribution in [-0.4, -0.2) is 119 Å². The van der Waals surface area contributed by atoms with E-state index in [4.69, 9.17) is 9.47 Å². The molecule has 1 saturated heterocycles. The molecule has 2 aromatic rings. The van der Waals surface area contributed by atoms with Crippen molar-refractivity contribution in [1.82, 2.24) is 40.4 Å². The van der Waals surface area contributed by atoms with Gasteiger partial charge in [0.25, 0.3) is 11.8 Å². The van der Waals surface area contributed by atoms with Crippen LogP contribution in [0.2, 0.25) is 0 Å². The lowest BCUT2D eigenvalue weighted by atomic mass is 9.85. The number of ether oxygens (including phenoxy) is 2. The molecule has 6 amide bonds. The molecule has 1 aromatic heterocycles. The Morgan fingerprint density at radius 3 is 2.56 bits per heavy atom. The Bertz CT molecular complexity index is 2190. The van der Waals surface area contributed by atoms with Crippen LogP contribution in [0.15, 0.2) is 55.5 Å². The average molecular weight is 833 g/mol. The Morgan fingerprint density at radius 2 is 1.88 bits per heavy atom. The van der Waals surface area contributed by atoms with E-state index in [9.17, 15) is 37.2 Å². The second-order valence-electron chi connectivity index (χ2n) is 16.6. The highest BCUT2D eigenvalue weighted by Crippen LogP contribution is 2.45. The van der Waals surface area contributed by atoms with Crippen molar-refractivity contribution in [2.45, 2.75) is 94.6 Å². The number of hydrogen-bond donors (Lipinski definition) is 4. The molecule has 314 valence electrons. The molecular weight excluding hydrogens is 785 g/mol. The summed E-state index contributed by atoms with van der Waals surface area (Å²) < 4.78 is 39.5. The van der Waals surface area contributed by atoms with E-state index in [2.05, 4.69) is 37.2 Å². The van der Waals surface area contributed by atoms with Gasteiger partial charge in [-0.3, -0.25) is 38.6 Å². The predicted molar refractivity (Wildman–Crippen MR) is 210 cm³/mol. The van der Waals surface area contributed by atoms with Gasteiger partial charge >= 0.3 is 6.09 Å². The van der Waals surface area contributed by atoms with Crippen molar-refractivity contribution >= 4 is 51.7 Å². The summed E-state index contributed by atoms with van der Waals surface area (Å²) in [6.07, 6.45) is 8.11. The molecule has 4 N–H and O–H groups in total. The lowest BCUT2D eigenvalue weighted by molar-refractivity contribution is -0.145. The van der Waals surface area contributed by atoms with Crippen LogP contribution in [-0.2, 0) is 51.8 Å². The number of rotatable bonds is 8. The Morgan fingerprint density at radius 1 is 1.10 bits per heavy atom. The average Bonchev–Trinajstić information content (AvgIpc) is 4.09. The summed E-state index contributed by atoms with van der Waals surface area (Å²) in [7, 11) is -3.96. The quantitative estimate of drug-likeness (QED) is 0.272. The van der Waals surface area contributed by atoms with Crippen LogP contribution in [0.1, 0.15) is 73.6 Å². The second kappa shape index (κ2) is 16.2. The molecular formula is C40H48N8O10S. The molecule has 2 aliphatic carbocycles. The maximum atomic E-state index is 14.8. The first-order valence-corrected chi connectivity index (χ1v) is 21.0. The normalized spacial score (nSPS) is 27.9. The highest BCUT2D eigenvalue weighted by molar-refractivity contribution is 7.91. The summed E-state index contributed by atoms with van der Waals surface area (Å²) in [4.78, 5) is 94.4. The zero-order chi connectivity index (χ0) is 42.3. The second-order valence-corrected chi connectivity index (χ2v) is 18.6. The Hall–Kier alpha value is -5.69. The molecule has 1 aromatic carbocycles. The number of carbonyl (C=O) groups excluding carboxylic acids is 6. The number of sulfonamides is 1. The third kappa shape index (κ3) is 8.85. The molecule has 4 heterocycles. The molecule has 4 bridgehead atoms. The molecule has 6 atom stereocenters. The molecule has 59 heavy (non-hydrogen) atoms. The number of amides is 6. The molecule has 0 unspecified atom stereocenters. The van der Waals surface area contributed by atoms with E-state index < -0.39 is 92.0 Å². The number of hydrogen-bond acceptors (Lipinski definition) is 12. The summed E-state index contributed by atoms with van der Waals surface area (Å²) >= 11 is 0. The molecule has 3 aliphatic heterocycles. The summed E-state index contributed by atoms with van der Waals surface area (Å²) in [5.74, 6) is -4.46. The minimum atomic E-state index is -3.96. The Balaban J connectivity index is 1.20. The van der Waals surface area contributed by atoms with Gasteiger partial charge in [-0.1, -0.05) is 57.2 Å². The number of benzene rings is 1. The number of carbonyl (C=O) groups is 6. The first-order valence-electron chi connectivity index (χ1n) is 19.5. The van der Waals surface area contributed by atoms with E-state index in [0.29, 0.717) is 12.8 Å². The fraction of sp³-hybridized carbons (Fsp3) is 0.500. The van der Waals surface area contributed by atoms with Gasteiger partial charge in [-0.05, 0) is 41.4 Å². The number of fused-ring (bicyclic) bond motifs is 3. The lowest BCUT2D eigenvalue weighted by Crippen LogP contribution is -2.62. The van der Waals surface area contributed by atoms with Crippen molar-refractivity contribution in [2.75, 3.05) is 19.8 Å². The molecule has 7 rings (SSSR count). The van der Waals surface area contributed by atoms with Crippen LogP contribution in [0.5, 0.6) is 0 Å². The van der Waals surface area contributed by atoms with E-state index >= 15 is 0 Å². The van der Waals surface area contributed by atoms with Gasteiger partial charge in [-0.15, -0.1) is 6.58 Å². The third-order valence-corrected chi connectivity index (χ3v) is 13.1. The first kappa shape index (κ1) is 41.5. The van der Waals surface area contributed by atoms with Gasteiger partial charge in [0.15, 0.2) is 0 Å². The number of nitrogens with zero attached hydrogens (tertiary/aromatic N) is 4. The Kier molecular flexibility index (Phi) is 11.4. The maximum Gasteiger partial charge on any atom is 0.410 e. The Labute approximate surface area is 341 Å². The molecule has 0 spiro atoms. The van der Waals surface area contributed by atoms with E-state index in [1.54, 1.807) is 26.8 Å². The molecule has 3 fully saturated rings. The molecule has 18 nitrogen and oxygen atoms in total. The third-order valence-electron chi connectivity index (χ3n) is 11.3. The van der Waals surface area contributed by atoms with Crippen molar-refractivity contribution in [3.05, 3.63) is 77.9 Å². The number of aromatic nitrogens is 2. The van der Waals surface area contributed by atoms with Crippen LogP contribution in [0, 0.1) is 11.3 Å². The van der Waals surface area contributed by atoms with E-state index in [0.717, 1.165) is 16.7 Å². The largest absolute Gasteiger partial charge is 0.444 e. The highest BCUT2D eigenvalue weighted by atomic mass is 32.2. The van der Waals surface area contributed by atoms with Crippen molar-refractivity contribution < 1.29 is 46.7 Å². The van der Waals surface area contributed by atoms with Gasteiger partial charge in [0.05, 0.1) is 37.8 Å². The van der Waals surface area contributed by atoms with Crippen LogP contribution in [0.25, 0.3) is 6.08 Å². The summed E-state index contributed by atoms with van der Waals surface area (Å²) in [5, 5.41) is 7.44. The van der Waals surface area contributed by atoms with Crippen LogP contribution >= 0.6 is 0 Å². The van der Waals surface area contributed by atoms with Gasteiger partial charge in [0, 0.05) is 31.3 Å². The fourth-order valence-corrected chi connectivity index (χ4v) is 9.03. The van der Waals surface area contributed by atoms with E-state index in [1.807, 2.05) is 24.3 Å². The van der Waals surface area contributed by atoms with Gasteiger partial charge in [0.2, 0.25) is 27.7 Å². The van der Waals surface area contributed by atoms with Crippen molar-refractivity contribution in [3.8, 4) is 0 Å². The minimum Gasteiger partial charge on any atom is -0.444 e. The zero-order valence-electron chi connectivity index (χ0n) is 33.0. The van der Waals surface area contributed by atoms with Gasteiger partial charge in [-0.2, -0.15) is 0 Å². The number of nitrogens with one attached hydrogen (secondary N) is 4. The lowest BCUT2D eigenvalue weighted by Gasteiger charge is -2.36. The molecule has 19 heteroatoms. The summed E-state index contributed by atoms with van der Waals surface area (Å²) in [6, 6.07) is 1.74. The van der Waals surface area contributed by atoms with Crippen LogP contribution in [0.4, 0.5) is 4.79 Å². The molecule has 0 radical (unpaired) electrons. The van der Waals surface area contributed by atoms with Gasteiger partial charge < -0.3 is 30.3 Å². The van der Waals surface area contributed by atoms with Crippen molar-refractivity contribution in [2.24, 2.45) is 11.3 Å². The minimum absolute atomic E-state index is 0.0484. The topological polar surface area (TPSA) is 235 Å². The standard InChI is InChI=1S/C40H48N8O10S/c1-5-25-17-40(25,37(53)46-59(55,56)27-11-12-27)45-35(51)31-16-26-20-48(31)36(52)32(39(2,3)4)44-34(50)30(43-33(49)29-18-41-13-14-42-29)22-57-15-7-10-23-8-6-9-24-19-47(21-28(23)24)38(54)58-26/h5-10,13-14,18,25-27,30-32H,1,11-12,15-17,19-22H2,2-4H3,(H,43,49)(H,44,50)(H,45,51)(H,46,53)/b10-7+/t25-,26-,30-,31+,32-,40-/m1/s1. The van der Waals surface area contributed by atoms with Crippen molar-refractivity contribution in [3.63, 3.8) is 0 Å². The molecule has 2 saturated carbocycles. The van der Waals surface area contributed by atoms with Crippen molar-refractivity contribution in [1.29, 1.82) is 0 Å². The summed E-state index contributed by atoms with van der Waals surface area (Å²) in [6.45, 7) is 8.89. The SMILES string of the molecule is C=C[C@@H]1C[C@]1(NC(=O)[C@@H]1C[C@@H]2CN1C(=O)[C@H](C(C)(C)C)NC(=O)[C@H](NC(=O)c1cnccn1)COC/C=C/c1cccc3c1CN(C3)C(=O)O2)C(=O)NS(=O)(=O)C1CC1. The predicted octanol–water partition coefficient (Wildman–Crippen LogP) is 0.941. The smallest absolute Gasteiger partial charge is 0.410 e. The van der Waals surface area contributed by atoms with E-state index in [1.165, 1.54) is 34.5 Å². The van der Waals surface area contributed by atoms with E-state index in [-0.39, 0.29) is 51.4 Å². The van der Waals surface area contributed by atoms with Gasteiger partial charge in [-0.25, -0.2) is 18.2 Å². The monoisotopic (exact) mass is 832 g/mol. The summed E-state index contributed by atoms with van der Waals surface area (Å²) in [5.41, 5.74) is -0.0321. The first-order chi connectivity index (χ1) is 28.0. The zero-order valence-corrected chi connectivity index (χ0v) is 33.8. The maximum absolute atomic E-state index is 14.8. The van der Waals surface area contributed by atoms with Gasteiger partial charge in [0.1, 0.15) is 35.5 Å². The fourth-order valence-electron chi connectivity index (χ4n) is 7.66. The van der Waals surface area contributed by atoms with Crippen LogP contribution < -0.4 is 20.7 Å².